The SMILES string of the molecule is CCOc1cc(C=C(C#N)C#N)c(Br)cc1OCC(=O)NCc1ccccc1. The summed E-state index contributed by atoms with van der Waals surface area (Å²) in [4.78, 5) is 12.1. The maximum Gasteiger partial charge on any atom is 0.258 e. The van der Waals surface area contributed by atoms with Gasteiger partial charge in [0.1, 0.15) is 17.7 Å². The predicted molar refractivity (Wildman–Crippen MR) is 108 cm³/mol. The Morgan fingerprint density at radius 2 is 1.82 bits per heavy atom. The van der Waals surface area contributed by atoms with Crippen LogP contribution < -0.4 is 14.8 Å². The molecule has 0 saturated heterocycles. The largest absolute Gasteiger partial charge is 0.490 e. The van der Waals surface area contributed by atoms with Crippen LogP contribution in [0.15, 0.2) is 52.5 Å². The van der Waals surface area contributed by atoms with Gasteiger partial charge in [-0.15, -0.1) is 0 Å². The Balaban J connectivity index is 2.08. The van der Waals surface area contributed by atoms with Crippen LogP contribution in [-0.4, -0.2) is 19.1 Å². The van der Waals surface area contributed by atoms with Crippen molar-refractivity contribution in [1.29, 1.82) is 10.5 Å². The standard InChI is InChI=1S/C21H18BrN3O3/c1-2-27-19-9-17(8-16(11-23)12-24)18(22)10-20(19)28-14-21(26)25-13-15-6-4-3-5-7-15/h3-10H,2,13-14H2,1H3,(H,25,26). The van der Waals surface area contributed by atoms with Crippen LogP contribution in [-0.2, 0) is 11.3 Å². The highest BCUT2D eigenvalue weighted by molar-refractivity contribution is 9.10. The van der Waals surface area contributed by atoms with E-state index in [1.54, 1.807) is 12.1 Å². The van der Waals surface area contributed by atoms with Crippen LogP contribution in [0.5, 0.6) is 11.5 Å². The molecule has 1 amide bonds. The lowest BCUT2D eigenvalue weighted by molar-refractivity contribution is -0.123. The average molecular weight is 440 g/mol. The van der Waals surface area contributed by atoms with E-state index in [-0.39, 0.29) is 18.1 Å². The number of amides is 1. The number of ether oxygens (including phenoxy) is 2. The molecule has 0 radical (unpaired) electrons. The van der Waals surface area contributed by atoms with E-state index >= 15 is 0 Å². The van der Waals surface area contributed by atoms with Gasteiger partial charge in [0.15, 0.2) is 18.1 Å². The molecule has 0 bridgehead atoms. The second kappa shape index (κ2) is 10.8. The van der Waals surface area contributed by atoms with Gasteiger partial charge in [0.05, 0.1) is 6.61 Å². The number of halogens is 1. The van der Waals surface area contributed by atoms with Gasteiger partial charge in [-0.2, -0.15) is 10.5 Å². The zero-order chi connectivity index (χ0) is 20.4. The smallest absolute Gasteiger partial charge is 0.258 e. The highest BCUT2D eigenvalue weighted by atomic mass is 79.9. The van der Waals surface area contributed by atoms with Gasteiger partial charge < -0.3 is 14.8 Å². The number of nitriles is 2. The Morgan fingerprint density at radius 1 is 1.14 bits per heavy atom. The number of nitrogens with one attached hydrogen (secondary N) is 1. The maximum absolute atomic E-state index is 12.1. The Kier molecular flexibility index (Phi) is 8.08. The van der Waals surface area contributed by atoms with Crippen LogP contribution in [0.2, 0.25) is 0 Å². The minimum atomic E-state index is -0.261. The highest BCUT2D eigenvalue weighted by Crippen LogP contribution is 2.35. The van der Waals surface area contributed by atoms with Crippen molar-refractivity contribution in [1.82, 2.24) is 5.32 Å². The first-order valence-electron chi connectivity index (χ1n) is 8.49. The van der Waals surface area contributed by atoms with Crippen molar-refractivity contribution in [2.75, 3.05) is 13.2 Å². The van der Waals surface area contributed by atoms with Crippen LogP contribution >= 0.6 is 15.9 Å². The van der Waals surface area contributed by atoms with Crippen molar-refractivity contribution in [3.63, 3.8) is 0 Å². The Morgan fingerprint density at radius 3 is 2.46 bits per heavy atom. The molecule has 0 aliphatic rings. The summed E-state index contributed by atoms with van der Waals surface area (Å²) in [6, 6.07) is 16.5. The second-order valence-electron chi connectivity index (χ2n) is 5.59. The first-order chi connectivity index (χ1) is 13.6. The first-order valence-corrected chi connectivity index (χ1v) is 9.28. The van der Waals surface area contributed by atoms with Crippen LogP contribution in [0, 0.1) is 22.7 Å². The topological polar surface area (TPSA) is 95.1 Å². The normalized spacial score (nSPS) is 9.57. The second-order valence-corrected chi connectivity index (χ2v) is 6.44. The van der Waals surface area contributed by atoms with Crippen molar-refractivity contribution < 1.29 is 14.3 Å². The predicted octanol–water partition coefficient (Wildman–Crippen LogP) is 3.97. The molecule has 0 aromatic heterocycles. The third-order valence-electron chi connectivity index (χ3n) is 3.59. The molecule has 0 unspecified atom stereocenters. The summed E-state index contributed by atoms with van der Waals surface area (Å²) in [5, 5.41) is 20.6. The molecule has 1 N–H and O–H groups in total. The highest BCUT2D eigenvalue weighted by Gasteiger charge is 2.12. The summed E-state index contributed by atoms with van der Waals surface area (Å²) in [5.41, 5.74) is 1.56. The van der Waals surface area contributed by atoms with Crippen molar-refractivity contribution in [3.05, 3.63) is 63.6 Å². The minimum absolute atomic E-state index is 0.0305. The van der Waals surface area contributed by atoms with Gasteiger partial charge in [-0.05, 0) is 36.3 Å². The number of benzene rings is 2. The van der Waals surface area contributed by atoms with Crippen LogP contribution in [0.25, 0.3) is 6.08 Å². The molecular formula is C21H18BrN3O3. The molecule has 0 heterocycles. The van der Waals surface area contributed by atoms with Crippen LogP contribution in [0.1, 0.15) is 18.1 Å². The fraction of sp³-hybridized carbons (Fsp3) is 0.190. The van der Waals surface area contributed by atoms with Gasteiger partial charge >= 0.3 is 0 Å². The molecule has 2 rings (SSSR count). The Hall–Kier alpha value is -3.29. The molecule has 0 spiro atoms. The van der Waals surface area contributed by atoms with Gasteiger partial charge in [0, 0.05) is 11.0 Å². The van der Waals surface area contributed by atoms with E-state index in [2.05, 4.69) is 21.2 Å². The number of nitrogens with zero attached hydrogens (tertiary/aromatic N) is 2. The van der Waals surface area contributed by atoms with E-state index in [0.29, 0.717) is 34.7 Å². The molecule has 6 nitrogen and oxygen atoms in total. The summed E-state index contributed by atoms with van der Waals surface area (Å²) in [5.74, 6) is 0.543. The number of allylic oxidation sites excluding steroid dienone is 1. The van der Waals surface area contributed by atoms with Crippen molar-refractivity contribution in [3.8, 4) is 23.6 Å². The zero-order valence-electron chi connectivity index (χ0n) is 15.2. The molecule has 0 fully saturated rings. The van der Waals surface area contributed by atoms with E-state index in [4.69, 9.17) is 20.0 Å². The van der Waals surface area contributed by atoms with Crippen molar-refractivity contribution in [2.45, 2.75) is 13.5 Å². The van der Waals surface area contributed by atoms with Gasteiger partial charge in [0.2, 0.25) is 0 Å². The molecule has 0 aliphatic heterocycles. The monoisotopic (exact) mass is 439 g/mol. The third-order valence-corrected chi connectivity index (χ3v) is 4.28. The number of hydrogen-bond donors (Lipinski definition) is 1. The van der Waals surface area contributed by atoms with Crippen molar-refractivity contribution in [2.24, 2.45) is 0 Å². The van der Waals surface area contributed by atoms with E-state index < -0.39 is 0 Å². The lowest BCUT2D eigenvalue weighted by atomic mass is 10.1. The summed E-state index contributed by atoms with van der Waals surface area (Å²) in [7, 11) is 0. The third kappa shape index (κ3) is 6.15. The molecule has 2 aromatic rings. The van der Waals surface area contributed by atoms with Gasteiger partial charge in [-0.25, -0.2) is 0 Å². The summed E-state index contributed by atoms with van der Waals surface area (Å²) < 4.78 is 11.8. The van der Waals surface area contributed by atoms with E-state index in [1.165, 1.54) is 6.08 Å². The lowest BCUT2D eigenvalue weighted by Crippen LogP contribution is -2.28. The Bertz CT molecular complexity index is 928. The van der Waals surface area contributed by atoms with Gasteiger partial charge in [-0.1, -0.05) is 46.3 Å². The zero-order valence-corrected chi connectivity index (χ0v) is 16.8. The van der Waals surface area contributed by atoms with Crippen molar-refractivity contribution >= 4 is 27.9 Å². The molecule has 2 aromatic carbocycles. The van der Waals surface area contributed by atoms with Gasteiger partial charge in [0.25, 0.3) is 5.91 Å². The number of carbonyl (C=O) groups is 1. The van der Waals surface area contributed by atoms with Gasteiger partial charge in [-0.3, -0.25) is 4.79 Å². The Labute approximate surface area is 172 Å². The molecule has 142 valence electrons. The van der Waals surface area contributed by atoms with Crippen LogP contribution in [0.4, 0.5) is 0 Å². The molecule has 7 heteroatoms. The molecule has 0 atom stereocenters. The summed E-state index contributed by atoms with van der Waals surface area (Å²) in [6.45, 7) is 2.46. The minimum Gasteiger partial charge on any atom is -0.490 e. The number of carbonyl (C=O) groups excluding carboxylic acids is 1. The van der Waals surface area contributed by atoms with E-state index in [1.807, 2.05) is 49.4 Å². The quantitative estimate of drug-likeness (QED) is 0.627. The molecule has 0 aliphatic carbocycles. The fourth-order valence-corrected chi connectivity index (χ4v) is 2.72. The van der Waals surface area contributed by atoms with Crippen LogP contribution in [0.3, 0.4) is 0 Å². The van der Waals surface area contributed by atoms with E-state index in [0.717, 1.165) is 5.56 Å². The number of rotatable bonds is 8. The lowest BCUT2D eigenvalue weighted by Gasteiger charge is -2.14. The summed E-state index contributed by atoms with van der Waals surface area (Å²) >= 11 is 3.39. The average Bonchev–Trinajstić information content (AvgIpc) is 2.72. The number of hydrogen-bond acceptors (Lipinski definition) is 5. The van der Waals surface area contributed by atoms with E-state index in [9.17, 15) is 4.79 Å². The molecular weight excluding hydrogens is 422 g/mol. The molecule has 28 heavy (non-hydrogen) atoms. The fourth-order valence-electron chi connectivity index (χ4n) is 2.28. The first kappa shape index (κ1) is 21.0. The molecule has 0 saturated carbocycles. The summed E-state index contributed by atoms with van der Waals surface area (Å²) in [6.07, 6.45) is 1.45. The maximum atomic E-state index is 12.1.